The number of aliphatic hydroxyl groups excluding tert-OH is 1. The molecule has 1 aliphatic rings. The zero-order valence-electron chi connectivity index (χ0n) is 9.02. The minimum Gasteiger partial charge on any atom is -0.392 e. The number of rotatable bonds is 3. The van der Waals surface area contributed by atoms with Crippen LogP contribution in [0.1, 0.15) is 24.4 Å². The summed E-state index contributed by atoms with van der Waals surface area (Å²) in [5.74, 6) is 0. The van der Waals surface area contributed by atoms with Gasteiger partial charge < -0.3 is 14.4 Å². The SMILES string of the molecule is COC1CC(n2cc(CO)cc(Br)c2=O)C1. The molecule has 1 aromatic heterocycles. The maximum Gasteiger partial charge on any atom is 0.265 e. The van der Waals surface area contributed by atoms with E-state index in [0.29, 0.717) is 4.47 Å². The minimum atomic E-state index is -0.0562. The van der Waals surface area contributed by atoms with Gasteiger partial charge in [0.25, 0.3) is 5.56 Å². The van der Waals surface area contributed by atoms with E-state index in [1.165, 1.54) is 0 Å². The van der Waals surface area contributed by atoms with Gasteiger partial charge in [0.05, 0.1) is 17.2 Å². The number of ether oxygens (including phenoxy) is 1. The second kappa shape index (κ2) is 4.69. The Morgan fingerprint density at radius 1 is 1.62 bits per heavy atom. The summed E-state index contributed by atoms with van der Waals surface area (Å²) >= 11 is 3.22. The molecular formula is C11H14BrNO3. The van der Waals surface area contributed by atoms with Crippen LogP contribution in [-0.2, 0) is 11.3 Å². The first kappa shape index (κ1) is 11.8. The van der Waals surface area contributed by atoms with Crippen LogP contribution in [0.25, 0.3) is 0 Å². The average Bonchev–Trinajstić information content (AvgIpc) is 2.22. The number of halogens is 1. The molecule has 0 spiro atoms. The highest BCUT2D eigenvalue weighted by Crippen LogP contribution is 2.33. The number of aliphatic hydroxyl groups is 1. The Hall–Kier alpha value is -0.650. The lowest BCUT2D eigenvalue weighted by Crippen LogP contribution is -2.37. The monoisotopic (exact) mass is 287 g/mol. The number of aromatic nitrogens is 1. The molecule has 0 radical (unpaired) electrons. The molecule has 1 aliphatic carbocycles. The van der Waals surface area contributed by atoms with E-state index in [2.05, 4.69) is 15.9 Å². The van der Waals surface area contributed by atoms with E-state index in [1.807, 2.05) is 0 Å². The van der Waals surface area contributed by atoms with Gasteiger partial charge in [0.1, 0.15) is 0 Å². The standard InChI is InChI=1S/C11H14BrNO3/c1-16-9-3-8(4-9)13-5-7(6-14)2-10(12)11(13)15/h2,5,8-9,14H,3-4,6H2,1H3. The molecule has 0 aliphatic heterocycles. The summed E-state index contributed by atoms with van der Waals surface area (Å²) in [5.41, 5.74) is 0.698. The molecule has 4 nitrogen and oxygen atoms in total. The van der Waals surface area contributed by atoms with Gasteiger partial charge in [0, 0.05) is 19.3 Å². The van der Waals surface area contributed by atoms with Crippen LogP contribution in [0.4, 0.5) is 0 Å². The Bertz CT molecular complexity index is 437. The summed E-state index contributed by atoms with van der Waals surface area (Å²) in [6, 6.07) is 1.85. The van der Waals surface area contributed by atoms with E-state index in [0.717, 1.165) is 18.4 Å². The Morgan fingerprint density at radius 3 is 2.88 bits per heavy atom. The molecular weight excluding hydrogens is 274 g/mol. The van der Waals surface area contributed by atoms with Crippen molar-refractivity contribution in [1.29, 1.82) is 0 Å². The molecule has 5 heteroatoms. The zero-order chi connectivity index (χ0) is 11.7. The summed E-state index contributed by atoms with van der Waals surface area (Å²) in [5, 5.41) is 9.09. The number of hydrogen-bond donors (Lipinski definition) is 1. The van der Waals surface area contributed by atoms with Gasteiger partial charge in [0.2, 0.25) is 0 Å². The Kier molecular flexibility index (Phi) is 3.47. The fraction of sp³-hybridized carbons (Fsp3) is 0.545. The highest BCUT2D eigenvalue weighted by molar-refractivity contribution is 9.10. The fourth-order valence-corrected chi connectivity index (χ4v) is 2.44. The van der Waals surface area contributed by atoms with Crippen LogP contribution in [-0.4, -0.2) is 22.9 Å². The number of pyridine rings is 1. The highest BCUT2D eigenvalue weighted by Gasteiger charge is 2.31. The smallest absolute Gasteiger partial charge is 0.265 e. The van der Waals surface area contributed by atoms with E-state index < -0.39 is 0 Å². The molecule has 88 valence electrons. The van der Waals surface area contributed by atoms with E-state index in [9.17, 15) is 4.79 Å². The molecule has 1 fully saturated rings. The van der Waals surface area contributed by atoms with Gasteiger partial charge in [-0.2, -0.15) is 0 Å². The molecule has 1 saturated carbocycles. The lowest BCUT2D eigenvalue weighted by atomic mass is 9.89. The van der Waals surface area contributed by atoms with Crippen LogP contribution in [0.5, 0.6) is 0 Å². The molecule has 2 rings (SSSR count). The van der Waals surface area contributed by atoms with Crippen molar-refractivity contribution >= 4 is 15.9 Å². The van der Waals surface area contributed by atoms with Crippen LogP contribution in [0.2, 0.25) is 0 Å². The van der Waals surface area contributed by atoms with Crippen molar-refractivity contribution in [1.82, 2.24) is 4.57 Å². The van der Waals surface area contributed by atoms with Gasteiger partial charge in [-0.3, -0.25) is 4.79 Å². The van der Waals surface area contributed by atoms with Crippen molar-refractivity contribution in [2.24, 2.45) is 0 Å². The third kappa shape index (κ3) is 2.07. The first-order chi connectivity index (χ1) is 7.65. The first-order valence-electron chi connectivity index (χ1n) is 5.20. The molecule has 0 saturated heterocycles. The van der Waals surface area contributed by atoms with Gasteiger partial charge in [-0.05, 0) is 40.4 Å². The molecule has 0 aromatic carbocycles. The van der Waals surface area contributed by atoms with Crippen molar-refractivity contribution < 1.29 is 9.84 Å². The van der Waals surface area contributed by atoms with Gasteiger partial charge in [-0.15, -0.1) is 0 Å². The largest absolute Gasteiger partial charge is 0.392 e. The topological polar surface area (TPSA) is 51.5 Å². The highest BCUT2D eigenvalue weighted by atomic mass is 79.9. The Balaban J connectivity index is 2.27. The van der Waals surface area contributed by atoms with Crippen molar-refractivity contribution in [2.45, 2.75) is 31.6 Å². The van der Waals surface area contributed by atoms with Gasteiger partial charge in [0.15, 0.2) is 0 Å². The number of nitrogens with zero attached hydrogens (tertiary/aromatic N) is 1. The minimum absolute atomic E-state index is 0.0447. The summed E-state index contributed by atoms with van der Waals surface area (Å²) in [6.07, 6.45) is 3.70. The lowest BCUT2D eigenvalue weighted by molar-refractivity contribution is 0.00496. The fourth-order valence-electron chi connectivity index (χ4n) is 1.94. The summed E-state index contributed by atoms with van der Waals surface area (Å²) in [7, 11) is 1.68. The molecule has 0 atom stereocenters. The van der Waals surface area contributed by atoms with Gasteiger partial charge in [-0.25, -0.2) is 0 Å². The van der Waals surface area contributed by atoms with E-state index >= 15 is 0 Å². The predicted octanol–water partition coefficient (Wildman–Crippen LogP) is 1.45. The van der Waals surface area contributed by atoms with Gasteiger partial charge in [-0.1, -0.05) is 0 Å². The average molecular weight is 288 g/mol. The van der Waals surface area contributed by atoms with E-state index in [1.54, 1.807) is 23.9 Å². The maximum absolute atomic E-state index is 11.9. The molecule has 0 unspecified atom stereocenters. The molecule has 16 heavy (non-hydrogen) atoms. The van der Waals surface area contributed by atoms with Crippen LogP contribution in [0.3, 0.4) is 0 Å². The summed E-state index contributed by atoms with van der Waals surface area (Å²) in [6.45, 7) is -0.0562. The lowest BCUT2D eigenvalue weighted by Gasteiger charge is -2.35. The number of methoxy groups -OCH3 is 1. The van der Waals surface area contributed by atoms with Crippen LogP contribution in [0.15, 0.2) is 21.5 Å². The normalized spacial score (nSPS) is 24.2. The number of hydrogen-bond acceptors (Lipinski definition) is 3. The molecule has 1 N–H and O–H groups in total. The van der Waals surface area contributed by atoms with Gasteiger partial charge >= 0.3 is 0 Å². The zero-order valence-corrected chi connectivity index (χ0v) is 10.6. The second-order valence-corrected chi connectivity index (χ2v) is 4.90. The van der Waals surface area contributed by atoms with Crippen molar-refractivity contribution in [3.63, 3.8) is 0 Å². The van der Waals surface area contributed by atoms with Crippen LogP contribution < -0.4 is 5.56 Å². The molecule has 0 amide bonds. The van der Waals surface area contributed by atoms with Crippen molar-refractivity contribution in [3.05, 3.63) is 32.7 Å². The second-order valence-electron chi connectivity index (χ2n) is 4.05. The molecule has 1 heterocycles. The first-order valence-corrected chi connectivity index (χ1v) is 5.99. The molecule has 1 aromatic rings. The van der Waals surface area contributed by atoms with Crippen LogP contribution >= 0.6 is 15.9 Å². The summed E-state index contributed by atoms with van der Waals surface area (Å²) in [4.78, 5) is 11.9. The Labute approximate surface area is 102 Å². The quantitative estimate of drug-likeness (QED) is 0.916. The van der Waals surface area contributed by atoms with E-state index in [4.69, 9.17) is 9.84 Å². The third-order valence-electron chi connectivity index (χ3n) is 3.04. The maximum atomic E-state index is 11.9. The third-order valence-corrected chi connectivity index (χ3v) is 3.60. The van der Waals surface area contributed by atoms with Crippen molar-refractivity contribution in [3.8, 4) is 0 Å². The Morgan fingerprint density at radius 2 is 2.31 bits per heavy atom. The summed E-state index contributed by atoms with van der Waals surface area (Å²) < 4.78 is 7.37. The molecule has 0 bridgehead atoms. The predicted molar refractivity (Wildman–Crippen MR) is 63.4 cm³/mol. The van der Waals surface area contributed by atoms with Crippen molar-refractivity contribution in [2.75, 3.05) is 7.11 Å². The van der Waals surface area contributed by atoms with Crippen LogP contribution in [0, 0.1) is 0 Å². The van der Waals surface area contributed by atoms with E-state index in [-0.39, 0.29) is 24.3 Å².